The zero-order valence-electron chi connectivity index (χ0n) is 9.72. The van der Waals surface area contributed by atoms with Gasteiger partial charge in [-0.2, -0.15) is 0 Å². The molecule has 1 aliphatic rings. The molecule has 0 amide bonds. The second-order valence-corrected chi connectivity index (χ2v) is 4.80. The van der Waals surface area contributed by atoms with Gasteiger partial charge < -0.3 is 10.1 Å². The normalized spacial score (nSPS) is 22.9. The Balaban J connectivity index is 1.87. The van der Waals surface area contributed by atoms with Crippen LogP contribution in [0.25, 0.3) is 0 Å². The van der Waals surface area contributed by atoms with E-state index in [2.05, 4.69) is 19.2 Å². The molecule has 84 valence electrons. The van der Waals surface area contributed by atoms with Crippen molar-refractivity contribution in [1.82, 2.24) is 5.32 Å². The number of piperidine rings is 1. The van der Waals surface area contributed by atoms with Gasteiger partial charge in [-0.05, 0) is 50.6 Å². The van der Waals surface area contributed by atoms with Gasteiger partial charge in [0.15, 0.2) is 0 Å². The Morgan fingerprint density at radius 1 is 1.36 bits per heavy atom. The molecular formula is C12H25NO. The summed E-state index contributed by atoms with van der Waals surface area (Å²) in [7, 11) is 0. The summed E-state index contributed by atoms with van der Waals surface area (Å²) in [4.78, 5) is 0. The molecule has 0 aromatic carbocycles. The number of nitrogens with one attached hydrogen (secondary N) is 1. The van der Waals surface area contributed by atoms with Crippen molar-refractivity contribution in [3.05, 3.63) is 0 Å². The van der Waals surface area contributed by atoms with E-state index in [9.17, 15) is 0 Å². The van der Waals surface area contributed by atoms with Crippen LogP contribution in [0.15, 0.2) is 0 Å². The zero-order valence-corrected chi connectivity index (χ0v) is 9.72. The van der Waals surface area contributed by atoms with Crippen molar-refractivity contribution in [3.63, 3.8) is 0 Å². The fourth-order valence-corrected chi connectivity index (χ4v) is 1.84. The van der Waals surface area contributed by atoms with E-state index in [1.165, 1.54) is 38.8 Å². The standard InChI is InChI=1S/C12H25NO/c1-11(2)5-8-14-9-6-12-4-3-7-13-10-12/h11-13H,3-10H2,1-2H3/t12-/m0/s1. The molecule has 1 heterocycles. The van der Waals surface area contributed by atoms with Gasteiger partial charge in [0.2, 0.25) is 0 Å². The van der Waals surface area contributed by atoms with Crippen LogP contribution in [0.5, 0.6) is 0 Å². The molecule has 2 heteroatoms. The third-order valence-electron chi connectivity index (χ3n) is 2.91. The highest BCUT2D eigenvalue weighted by atomic mass is 16.5. The van der Waals surface area contributed by atoms with Gasteiger partial charge in [-0.25, -0.2) is 0 Å². The van der Waals surface area contributed by atoms with Gasteiger partial charge in [0.25, 0.3) is 0 Å². The van der Waals surface area contributed by atoms with Crippen LogP contribution in [0.1, 0.15) is 39.5 Å². The molecule has 14 heavy (non-hydrogen) atoms. The van der Waals surface area contributed by atoms with Gasteiger partial charge >= 0.3 is 0 Å². The van der Waals surface area contributed by atoms with E-state index in [0.29, 0.717) is 0 Å². The summed E-state index contributed by atoms with van der Waals surface area (Å²) in [6, 6.07) is 0. The Hall–Kier alpha value is -0.0800. The molecule has 0 aliphatic carbocycles. The van der Waals surface area contributed by atoms with Crippen molar-refractivity contribution in [2.45, 2.75) is 39.5 Å². The van der Waals surface area contributed by atoms with E-state index < -0.39 is 0 Å². The van der Waals surface area contributed by atoms with E-state index in [1.807, 2.05) is 0 Å². The van der Waals surface area contributed by atoms with Crippen LogP contribution in [0.2, 0.25) is 0 Å². The first-order valence-corrected chi connectivity index (χ1v) is 6.07. The molecule has 0 radical (unpaired) electrons. The molecule has 1 fully saturated rings. The van der Waals surface area contributed by atoms with E-state index in [-0.39, 0.29) is 0 Å². The molecular weight excluding hydrogens is 174 g/mol. The average molecular weight is 199 g/mol. The van der Waals surface area contributed by atoms with Crippen molar-refractivity contribution in [3.8, 4) is 0 Å². The molecule has 1 aliphatic heterocycles. The summed E-state index contributed by atoms with van der Waals surface area (Å²) in [6.45, 7) is 8.80. The van der Waals surface area contributed by atoms with Gasteiger partial charge in [0.05, 0.1) is 0 Å². The molecule has 1 rings (SSSR count). The summed E-state index contributed by atoms with van der Waals surface area (Å²) in [5.74, 6) is 1.63. The largest absolute Gasteiger partial charge is 0.381 e. The zero-order chi connectivity index (χ0) is 10.2. The maximum atomic E-state index is 5.62. The summed E-state index contributed by atoms with van der Waals surface area (Å²) >= 11 is 0. The van der Waals surface area contributed by atoms with Gasteiger partial charge in [-0.3, -0.25) is 0 Å². The monoisotopic (exact) mass is 199 g/mol. The van der Waals surface area contributed by atoms with E-state index in [4.69, 9.17) is 4.74 Å². The van der Waals surface area contributed by atoms with Crippen molar-refractivity contribution in [2.24, 2.45) is 11.8 Å². The minimum Gasteiger partial charge on any atom is -0.381 e. The van der Waals surface area contributed by atoms with Gasteiger partial charge in [-0.15, -0.1) is 0 Å². The smallest absolute Gasteiger partial charge is 0.0469 e. The van der Waals surface area contributed by atoms with Gasteiger partial charge in [0, 0.05) is 13.2 Å². The van der Waals surface area contributed by atoms with Crippen LogP contribution in [-0.4, -0.2) is 26.3 Å². The number of hydrogen-bond donors (Lipinski definition) is 1. The minimum absolute atomic E-state index is 0.770. The van der Waals surface area contributed by atoms with Gasteiger partial charge in [-0.1, -0.05) is 13.8 Å². The molecule has 1 saturated heterocycles. The molecule has 1 atom stereocenters. The Kier molecular flexibility index (Phi) is 6.20. The predicted molar refractivity (Wildman–Crippen MR) is 60.5 cm³/mol. The van der Waals surface area contributed by atoms with Gasteiger partial charge in [0.1, 0.15) is 0 Å². The Bertz CT molecular complexity index is 130. The first kappa shape index (κ1) is 12.0. The highest BCUT2D eigenvalue weighted by Crippen LogP contribution is 2.13. The highest BCUT2D eigenvalue weighted by Gasteiger charge is 2.11. The third kappa shape index (κ3) is 5.61. The Morgan fingerprint density at radius 3 is 2.86 bits per heavy atom. The molecule has 0 bridgehead atoms. The molecule has 0 spiro atoms. The maximum Gasteiger partial charge on any atom is 0.0469 e. The molecule has 0 saturated carbocycles. The summed E-state index contributed by atoms with van der Waals surface area (Å²) < 4.78 is 5.62. The second-order valence-electron chi connectivity index (χ2n) is 4.80. The van der Waals surface area contributed by atoms with E-state index in [1.54, 1.807) is 0 Å². The number of hydrogen-bond acceptors (Lipinski definition) is 2. The van der Waals surface area contributed by atoms with Crippen LogP contribution in [0, 0.1) is 11.8 Å². The summed E-state index contributed by atoms with van der Waals surface area (Å²) in [5, 5.41) is 3.44. The molecule has 0 aromatic heterocycles. The average Bonchev–Trinajstić information content (AvgIpc) is 2.18. The van der Waals surface area contributed by atoms with Crippen molar-refractivity contribution in [2.75, 3.05) is 26.3 Å². The van der Waals surface area contributed by atoms with Crippen molar-refractivity contribution in [1.29, 1.82) is 0 Å². The Morgan fingerprint density at radius 2 is 2.21 bits per heavy atom. The minimum atomic E-state index is 0.770. The lowest BCUT2D eigenvalue weighted by Gasteiger charge is -2.22. The van der Waals surface area contributed by atoms with Crippen LogP contribution >= 0.6 is 0 Å². The lowest BCUT2D eigenvalue weighted by Crippen LogP contribution is -2.30. The van der Waals surface area contributed by atoms with E-state index in [0.717, 1.165) is 25.0 Å². The van der Waals surface area contributed by atoms with Crippen LogP contribution in [0.4, 0.5) is 0 Å². The fraction of sp³-hybridized carbons (Fsp3) is 1.00. The highest BCUT2D eigenvalue weighted by molar-refractivity contribution is 4.68. The molecule has 2 nitrogen and oxygen atoms in total. The topological polar surface area (TPSA) is 21.3 Å². The number of rotatable bonds is 6. The SMILES string of the molecule is CC(C)CCOCC[C@@H]1CCCNC1. The molecule has 0 aromatic rings. The molecule has 1 N–H and O–H groups in total. The van der Waals surface area contributed by atoms with E-state index >= 15 is 0 Å². The van der Waals surface area contributed by atoms with Crippen LogP contribution < -0.4 is 5.32 Å². The van der Waals surface area contributed by atoms with Crippen LogP contribution in [-0.2, 0) is 4.74 Å². The van der Waals surface area contributed by atoms with Crippen molar-refractivity contribution >= 4 is 0 Å². The Labute approximate surface area is 88.4 Å². The van der Waals surface area contributed by atoms with Crippen molar-refractivity contribution < 1.29 is 4.74 Å². The summed E-state index contributed by atoms with van der Waals surface area (Å²) in [5.41, 5.74) is 0. The fourth-order valence-electron chi connectivity index (χ4n) is 1.84. The first-order valence-electron chi connectivity index (χ1n) is 6.07. The molecule has 0 unspecified atom stereocenters. The maximum absolute atomic E-state index is 5.62. The quantitative estimate of drug-likeness (QED) is 0.663. The van der Waals surface area contributed by atoms with Crippen LogP contribution in [0.3, 0.4) is 0 Å². The lowest BCUT2D eigenvalue weighted by atomic mass is 9.97. The summed E-state index contributed by atoms with van der Waals surface area (Å²) in [6.07, 6.45) is 5.17. The third-order valence-corrected chi connectivity index (χ3v) is 2.91. The number of ether oxygens (including phenoxy) is 1. The second kappa shape index (κ2) is 7.24. The predicted octanol–water partition coefficient (Wildman–Crippen LogP) is 2.44. The first-order chi connectivity index (χ1) is 6.79. The lowest BCUT2D eigenvalue weighted by molar-refractivity contribution is 0.107.